The van der Waals surface area contributed by atoms with Crippen molar-refractivity contribution in [3.05, 3.63) is 0 Å². The van der Waals surface area contributed by atoms with Crippen LogP contribution in [0.4, 0.5) is 0 Å². The van der Waals surface area contributed by atoms with Crippen molar-refractivity contribution in [2.75, 3.05) is 46.4 Å². The number of piperidine rings is 1. The predicted molar refractivity (Wildman–Crippen MR) is 64.1 cm³/mol. The molecule has 2 fully saturated rings. The molecule has 2 aliphatic heterocycles. The van der Waals surface area contributed by atoms with E-state index in [0.29, 0.717) is 0 Å². The molecule has 0 amide bonds. The first-order valence-corrected chi connectivity index (χ1v) is 6.36. The normalized spacial score (nSPS) is 26.9. The first-order valence-electron chi connectivity index (χ1n) is 6.36. The molecule has 0 unspecified atom stereocenters. The van der Waals surface area contributed by atoms with Gasteiger partial charge in [-0.2, -0.15) is 0 Å². The summed E-state index contributed by atoms with van der Waals surface area (Å²) in [7, 11) is 2.10. The fraction of sp³-hybridized carbons (Fsp3) is 0.917. The van der Waals surface area contributed by atoms with Gasteiger partial charge in [-0.25, -0.2) is 0 Å². The van der Waals surface area contributed by atoms with E-state index >= 15 is 0 Å². The van der Waals surface area contributed by atoms with Crippen LogP contribution in [-0.2, 0) is 9.53 Å². The average Bonchev–Trinajstić information content (AvgIpc) is 2.33. The van der Waals surface area contributed by atoms with E-state index in [1.165, 1.54) is 0 Å². The number of likely N-dealkylation sites (tertiary alicyclic amines) is 1. The Kier molecular flexibility index (Phi) is 4.01. The van der Waals surface area contributed by atoms with E-state index in [4.69, 9.17) is 9.84 Å². The zero-order valence-electron chi connectivity index (χ0n) is 10.5. The number of carboxylic acids is 1. The van der Waals surface area contributed by atoms with Crippen LogP contribution in [0.15, 0.2) is 0 Å². The minimum Gasteiger partial charge on any atom is -0.481 e. The Hall–Kier alpha value is -0.650. The molecule has 0 radical (unpaired) electrons. The smallest absolute Gasteiger partial charge is 0.305 e. The van der Waals surface area contributed by atoms with Crippen LogP contribution in [-0.4, -0.2) is 72.9 Å². The van der Waals surface area contributed by atoms with Crippen molar-refractivity contribution in [2.24, 2.45) is 0 Å². The van der Waals surface area contributed by atoms with Crippen LogP contribution in [0.3, 0.4) is 0 Å². The van der Waals surface area contributed by atoms with Gasteiger partial charge in [0.25, 0.3) is 0 Å². The Bertz CT molecular complexity index is 269. The molecule has 0 aliphatic carbocycles. The molecule has 0 aromatic heterocycles. The molecule has 0 saturated carbocycles. The van der Waals surface area contributed by atoms with Gasteiger partial charge in [0.2, 0.25) is 0 Å². The highest BCUT2D eigenvalue weighted by Crippen LogP contribution is 2.32. The third-order valence-electron chi connectivity index (χ3n) is 4.08. The van der Waals surface area contributed by atoms with Crippen molar-refractivity contribution in [2.45, 2.75) is 24.8 Å². The Morgan fingerprint density at radius 2 is 1.82 bits per heavy atom. The number of morpholine rings is 1. The molecular formula is C12H22N2O3. The van der Waals surface area contributed by atoms with Crippen LogP contribution >= 0.6 is 0 Å². The highest BCUT2D eigenvalue weighted by atomic mass is 16.5. The summed E-state index contributed by atoms with van der Waals surface area (Å²) < 4.78 is 5.36. The topological polar surface area (TPSA) is 53.0 Å². The molecule has 17 heavy (non-hydrogen) atoms. The van der Waals surface area contributed by atoms with Crippen molar-refractivity contribution in [1.29, 1.82) is 0 Å². The van der Waals surface area contributed by atoms with E-state index in [9.17, 15) is 4.79 Å². The summed E-state index contributed by atoms with van der Waals surface area (Å²) in [6.07, 6.45) is 2.17. The Morgan fingerprint density at radius 3 is 2.35 bits per heavy atom. The molecular weight excluding hydrogens is 220 g/mol. The molecule has 2 heterocycles. The molecule has 0 aromatic rings. The fourth-order valence-electron chi connectivity index (χ4n) is 2.96. The first-order chi connectivity index (χ1) is 8.12. The third kappa shape index (κ3) is 2.97. The third-order valence-corrected chi connectivity index (χ3v) is 4.08. The van der Waals surface area contributed by atoms with Gasteiger partial charge in [-0.1, -0.05) is 0 Å². The zero-order valence-corrected chi connectivity index (χ0v) is 10.5. The van der Waals surface area contributed by atoms with Gasteiger partial charge >= 0.3 is 5.97 Å². The van der Waals surface area contributed by atoms with Gasteiger partial charge in [0.1, 0.15) is 0 Å². The predicted octanol–water partition coefficient (Wildman–Crippen LogP) is 0.258. The molecule has 0 atom stereocenters. The van der Waals surface area contributed by atoms with E-state index in [-0.39, 0.29) is 12.0 Å². The second kappa shape index (κ2) is 5.33. The van der Waals surface area contributed by atoms with Gasteiger partial charge in [0.15, 0.2) is 0 Å². The zero-order chi connectivity index (χ0) is 12.3. The van der Waals surface area contributed by atoms with E-state index in [0.717, 1.165) is 52.2 Å². The lowest BCUT2D eigenvalue weighted by Gasteiger charge is -2.49. The van der Waals surface area contributed by atoms with Gasteiger partial charge in [0.05, 0.1) is 19.6 Å². The number of hydrogen-bond donors (Lipinski definition) is 1. The summed E-state index contributed by atoms with van der Waals surface area (Å²) in [5.74, 6) is -0.680. The maximum Gasteiger partial charge on any atom is 0.305 e. The first kappa shape index (κ1) is 12.8. The van der Waals surface area contributed by atoms with Gasteiger partial charge < -0.3 is 14.7 Å². The van der Waals surface area contributed by atoms with E-state index < -0.39 is 5.97 Å². The molecule has 98 valence electrons. The van der Waals surface area contributed by atoms with Crippen LogP contribution in [0.1, 0.15) is 19.3 Å². The molecule has 2 rings (SSSR count). The van der Waals surface area contributed by atoms with Crippen LogP contribution in [0, 0.1) is 0 Å². The van der Waals surface area contributed by atoms with Gasteiger partial charge in [-0.3, -0.25) is 9.69 Å². The largest absolute Gasteiger partial charge is 0.481 e. The lowest BCUT2D eigenvalue weighted by atomic mass is 9.82. The second-order valence-electron chi connectivity index (χ2n) is 5.20. The van der Waals surface area contributed by atoms with Crippen LogP contribution < -0.4 is 0 Å². The van der Waals surface area contributed by atoms with Crippen molar-refractivity contribution < 1.29 is 14.6 Å². The molecule has 0 bridgehead atoms. The number of aliphatic carboxylic acids is 1. The maximum atomic E-state index is 11.1. The number of carbonyl (C=O) groups is 1. The van der Waals surface area contributed by atoms with Crippen molar-refractivity contribution >= 4 is 5.97 Å². The molecule has 5 heteroatoms. The summed E-state index contributed by atoms with van der Waals surface area (Å²) in [6.45, 7) is 5.19. The minimum absolute atomic E-state index is 0.137. The summed E-state index contributed by atoms with van der Waals surface area (Å²) in [4.78, 5) is 15.7. The number of nitrogens with zero attached hydrogens (tertiary/aromatic N) is 2. The van der Waals surface area contributed by atoms with Gasteiger partial charge in [-0.05, 0) is 33.0 Å². The van der Waals surface area contributed by atoms with Gasteiger partial charge in [0, 0.05) is 18.6 Å². The summed E-state index contributed by atoms with van der Waals surface area (Å²) in [6, 6.07) is 0. The monoisotopic (exact) mass is 242 g/mol. The van der Waals surface area contributed by atoms with Crippen LogP contribution in [0.2, 0.25) is 0 Å². The van der Waals surface area contributed by atoms with Crippen molar-refractivity contribution in [3.8, 4) is 0 Å². The number of ether oxygens (including phenoxy) is 1. The van der Waals surface area contributed by atoms with E-state index in [1.54, 1.807) is 0 Å². The average molecular weight is 242 g/mol. The molecule has 5 nitrogen and oxygen atoms in total. The standard InChI is InChI=1S/C12H22N2O3/c1-13-4-2-12(3-5-13,10-11(15)16)14-6-8-17-9-7-14/h2-10H2,1H3,(H,15,16). The lowest BCUT2D eigenvalue weighted by Crippen LogP contribution is -2.58. The Labute approximate surface area is 102 Å². The van der Waals surface area contributed by atoms with E-state index in [1.807, 2.05) is 0 Å². The summed E-state index contributed by atoms with van der Waals surface area (Å²) >= 11 is 0. The van der Waals surface area contributed by atoms with Gasteiger partial charge in [-0.15, -0.1) is 0 Å². The highest BCUT2D eigenvalue weighted by molar-refractivity contribution is 5.68. The summed E-state index contributed by atoms with van der Waals surface area (Å²) in [5.41, 5.74) is -0.137. The number of hydrogen-bond acceptors (Lipinski definition) is 4. The Balaban J connectivity index is 2.08. The quantitative estimate of drug-likeness (QED) is 0.769. The summed E-state index contributed by atoms with van der Waals surface area (Å²) in [5, 5.41) is 9.16. The second-order valence-corrected chi connectivity index (χ2v) is 5.20. The highest BCUT2D eigenvalue weighted by Gasteiger charge is 2.41. The van der Waals surface area contributed by atoms with Crippen LogP contribution in [0.5, 0.6) is 0 Å². The van der Waals surface area contributed by atoms with Crippen molar-refractivity contribution in [3.63, 3.8) is 0 Å². The minimum atomic E-state index is -0.680. The maximum absolute atomic E-state index is 11.1. The molecule has 1 N–H and O–H groups in total. The molecule has 2 saturated heterocycles. The lowest BCUT2D eigenvalue weighted by molar-refractivity contribution is -0.143. The van der Waals surface area contributed by atoms with Crippen molar-refractivity contribution in [1.82, 2.24) is 9.80 Å². The molecule has 0 spiro atoms. The SMILES string of the molecule is CN1CCC(CC(=O)O)(N2CCOCC2)CC1. The molecule has 0 aromatic carbocycles. The van der Waals surface area contributed by atoms with Crippen LogP contribution in [0.25, 0.3) is 0 Å². The van der Waals surface area contributed by atoms with E-state index in [2.05, 4.69) is 16.8 Å². The Morgan fingerprint density at radius 1 is 1.24 bits per heavy atom. The molecule has 2 aliphatic rings. The number of rotatable bonds is 3. The fourth-order valence-corrected chi connectivity index (χ4v) is 2.96. The number of carboxylic acid groups (broad SMARTS) is 1.